The Balaban J connectivity index is 0. The fourth-order valence-electron chi connectivity index (χ4n) is 1.27. The lowest BCUT2D eigenvalue weighted by Gasteiger charge is -2.11. The van der Waals surface area contributed by atoms with Crippen molar-refractivity contribution in [1.29, 1.82) is 0 Å². The third-order valence-corrected chi connectivity index (χ3v) is 4.15. The Morgan fingerprint density at radius 3 is 2.22 bits per heavy atom. The quantitative estimate of drug-likeness (QED) is 0.284. The molecule has 0 aromatic carbocycles. The molecule has 0 saturated heterocycles. The van der Waals surface area contributed by atoms with Crippen LogP contribution in [0.5, 0.6) is 0 Å². The Morgan fingerprint density at radius 1 is 1.11 bits per heavy atom. The van der Waals surface area contributed by atoms with Crippen LogP contribution in [0, 0.1) is 0 Å². The molecule has 0 aliphatic rings. The molecule has 0 bridgehead atoms. The van der Waals surface area contributed by atoms with E-state index < -0.39 is 9.84 Å². The molecule has 0 radical (unpaired) electrons. The molecule has 0 aromatic heterocycles. The van der Waals surface area contributed by atoms with E-state index in [9.17, 15) is 8.42 Å². The summed E-state index contributed by atoms with van der Waals surface area (Å²) in [4.78, 5) is 4.03. The molecule has 0 aliphatic heterocycles. The summed E-state index contributed by atoms with van der Waals surface area (Å²) in [6, 6.07) is 0. The number of nitrogens with zero attached hydrogens (tertiary/aromatic N) is 1. The van der Waals surface area contributed by atoms with Gasteiger partial charge in [-0.1, -0.05) is 26.7 Å². The highest BCUT2D eigenvalue weighted by atomic mass is 127. The van der Waals surface area contributed by atoms with Crippen LogP contribution in [0.15, 0.2) is 4.99 Å². The summed E-state index contributed by atoms with van der Waals surface area (Å²) in [7, 11) is -1.21. The van der Waals surface area contributed by atoms with Crippen molar-refractivity contribution in [2.45, 2.75) is 33.1 Å². The number of hydrogen-bond donors (Lipinski definition) is 2. The number of aliphatic imine (C=N–C) groups is 1. The fourth-order valence-corrected chi connectivity index (χ4v) is 1.97. The summed E-state index contributed by atoms with van der Waals surface area (Å²) in [5, 5.41) is 6.15. The van der Waals surface area contributed by atoms with E-state index in [2.05, 4.69) is 22.5 Å². The minimum Gasteiger partial charge on any atom is -0.356 e. The van der Waals surface area contributed by atoms with Gasteiger partial charge in [-0.2, -0.15) is 0 Å². The number of hydrogen-bond acceptors (Lipinski definition) is 3. The summed E-state index contributed by atoms with van der Waals surface area (Å²) >= 11 is 0. The van der Waals surface area contributed by atoms with Gasteiger partial charge in [0, 0.05) is 25.9 Å². The van der Waals surface area contributed by atoms with E-state index in [0.717, 1.165) is 13.0 Å². The summed E-state index contributed by atoms with van der Waals surface area (Å²) in [6.07, 6.45) is 3.47. The average molecular weight is 391 g/mol. The van der Waals surface area contributed by atoms with Crippen LogP contribution >= 0.6 is 24.0 Å². The van der Waals surface area contributed by atoms with E-state index >= 15 is 0 Å². The molecular weight excluding hydrogens is 365 g/mol. The molecule has 2 N–H and O–H groups in total. The maximum Gasteiger partial charge on any atom is 0.191 e. The largest absolute Gasteiger partial charge is 0.356 e. The molecule has 0 unspecified atom stereocenters. The molecule has 0 saturated carbocycles. The van der Waals surface area contributed by atoms with Crippen LogP contribution in [0.3, 0.4) is 0 Å². The number of guanidine groups is 1. The van der Waals surface area contributed by atoms with Crippen LogP contribution in [-0.4, -0.2) is 46.0 Å². The van der Waals surface area contributed by atoms with Gasteiger partial charge in [-0.05, 0) is 6.42 Å². The van der Waals surface area contributed by atoms with E-state index in [0.29, 0.717) is 12.5 Å². The van der Waals surface area contributed by atoms with Gasteiger partial charge in [0.2, 0.25) is 0 Å². The monoisotopic (exact) mass is 391 g/mol. The van der Waals surface area contributed by atoms with Gasteiger partial charge in [0.15, 0.2) is 15.8 Å². The lowest BCUT2D eigenvalue weighted by molar-refractivity contribution is 0.595. The maximum absolute atomic E-state index is 11.3. The zero-order valence-electron chi connectivity index (χ0n) is 11.5. The number of unbranched alkanes of at least 4 members (excludes halogenated alkanes) is 2. The molecule has 7 heteroatoms. The summed E-state index contributed by atoms with van der Waals surface area (Å²) < 4.78 is 22.5. The first-order chi connectivity index (χ1) is 8.05. The molecule has 110 valence electrons. The van der Waals surface area contributed by atoms with Crippen molar-refractivity contribution in [3.05, 3.63) is 0 Å². The third kappa shape index (κ3) is 11.1. The first-order valence-corrected chi connectivity index (χ1v) is 8.02. The van der Waals surface area contributed by atoms with E-state index in [4.69, 9.17) is 0 Å². The smallest absolute Gasteiger partial charge is 0.191 e. The SMILES string of the molecule is CCCCCNC(=NC)NCCS(=O)(=O)CC.I. The predicted molar refractivity (Wildman–Crippen MR) is 88.6 cm³/mol. The van der Waals surface area contributed by atoms with Gasteiger partial charge in [0.25, 0.3) is 0 Å². The number of nitrogens with one attached hydrogen (secondary N) is 2. The number of rotatable bonds is 8. The van der Waals surface area contributed by atoms with E-state index in [1.54, 1.807) is 14.0 Å². The van der Waals surface area contributed by atoms with Gasteiger partial charge in [-0.25, -0.2) is 8.42 Å². The highest BCUT2D eigenvalue weighted by Gasteiger charge is 2.06. The van der Waals surface area contributed by atoms with Gasteiger partial charge in [-0.15, -0.1) is 24.0 Å². The summed E-state index contributed by atoms with van der Waals surface area (Å²) in [5.74, 6) is 1.02. The van der Waals surface area contributed by atoms with Crippen LogP contribution in [0.2, 0.25) is 0 Å². The third-order valence-electron chi connectivity index (χ3n) is 2.44. The van der Waals surface area contributed by atoms with Crippen LogP contribution in [0.25, 0.3) is 0 Å². The van der Waals surface area contributed by atoms with Crippen LogP contribution in [0.4, 0.5) is 0 Å². The van der Waals surface area contributed by atoms with Crippen LogP contribution in [0.1, 0.15) is 33.1 Å². The van der Waals surface area contributed by atoms with Crippen LogP contribution < -0.4 is 10.6 Å². The van der Waals surface area contributed by atoms with Gasteiger partial charge in [0.05, 0.1) is 5.75 Å². The van der Waals surface area contributed by atoms with Gasteiger partial charge in [0.1, 0.15) is 0 Å². The van der Waals surface area contributed by atoms with E-state index in [1.165, 1.54) is 12.8 Å². The lowest BCUT2D eigenvalue weighted by atomic mass is 10.2. The Morgan fingerprint density at radius 2 is 1.72 bits per heavy atom. The minimum absolute atomic E-state index is 0. The molecule has 0 heterocycles. The molecule has 0 aromatic rings. The molecule has 0 atom stereocenters. The Labute approximate surface area is 128 Å². The number of halogens is 1. The topological polar surface area (TPSA) is 70.6 Å². The molecular formula is C11H26IN3O2S. The minimum atomic E-state index is -2.90. The molecule has 0 rings (SSSR count). The summed E-state index contributed by atoms with van der Waals surface area (Å²) in [5.41, 5.74) is 0. The van der Waals surface area contributed by atoms with E-state index in [1.807, 2.05) is 0 Å². The van der Waals surface area contributed by atoms with Gasteiger partial charge < -0.3 is 10.6 Å². The molecule has 0 aliphatic carbocycles. The van der Waals surface area contributed by atoms with Crippen molar-refractivity contribution < 1.29 is 8.42 Å². The second-order valence-corrected chi connectivity index (χ2v) is 6.34. The molecule has 0 fully saturated rings. The number of sulfone groups is 1. The molecule has 0 amide bonds. The fraction of sp³-hybridized carbons (Fsp3) is 0.909. The highest BCUT2D eigenvalue weighted by Crippen LogP contribution is 1.91. The maximum atomic E-state index is 11.3. The Hall–Kier alpha value is -0.0500. The lowest BCUT2D eigenvalue weighted by Crippen LogP contribution is -2.40. The van der Waals surface area contributed by atoms with Gasteiger partial charge in [-0.3, -0.25) is 4.99 Å². The van der Waals surface area contributed by atoms with Crippen molar-refractivity contribution in [2.75, 3.05) is 31.6 Å². The van der Waals surface area contributed by atoms with Crippen molar-refractivity contribution in [3.63, 3.8) is 0 Å². The first kappa shape index (κ1) is 20.3. The van der Waals surface area contributed by atoms with Gasteiger partial charge >= 0.3 is 0 Å². The van der Waals surface area contributed by atoms with E-state index in [-0.39, 0.29) is 35.5 Å². The highest BCUT2D eigenvalue weighted by molar-refractivity contribution is 14.0. The molecule has 0 spiro atoms. The predicted octanol–water partition coefficient (Wildman–Crippen LogP) is 1.39. The van der Waals surface area contributed by atoms with Crippen LogP contribution in [-0.2, 0) is 9.84 Å². The first-order valence-electron chi connectivity index (χ1n) is 6.20. The van der Waals surface area contributed by atoms with Crippen molar-refractivity contribution >= 4 is 39.8 Å². The Kier molecular flexibility index (Phi) is 13.5. The molecule has 5 nitrogen and oxygen atoms in total. The standard InChI is InChI=1S/C11H25N3O2S.HI/c1-4-6-7-8-13-11(12-3)14-9-10-17(15,16)5-2;/h4-10H2,1-3H3,(H2,12,13,14);1H. The zero-order valence-corrected chi connectivity index (χ0v) is 14.7. The van der Waals surface area contributed by atoms with Crippen molar-refractivity contribution in [2.24, 2.45) is 4.99 Å². The summed E-state index contributed by atoms with van der Waals surface area (Å²) in [6.45, 7) is 5.09. The normalized spacial score (nSPS) is 11.8. The second kappa shape index (κ2) is 12.0. The second-order valence-electron chi connectivity index (χ2n) is 3.87. The van der Waals surface area contributed by atoms with Crippen molar-refractivity contribution in [3.8, 4) is 0 Å². The Bertz CT molecular complexity index is 318. The zero-order chi connectivity index (χ0) is 13.1. The molecule has 18 heavy (non-hydrogen) atoms. The average Bonchev–Trinajstić information content (AvgIpc) is 2.32. The van der Waals surface area contributed by atoms with Crippen molar-refractivity contribution in [1.82, 2.24) is 10.6 Å².